The molecule has 0 saturated carbocycles. The molecule has 0 saturated heterocycles. The Morgan fingerprint density at radius 2 is 1.79 bits per heavy atom. The van der Waals surface area contributed by atoms with E-state index in [1.54, 1.807) is 23.4 Å². The molecule has 140 valence electrons. The molecule has 3 aromatic carbocycles. The molecular weight excluding hydrogens is 483 g/mol. The van der Waals surface area contributed by atoms with Crippen molar-refractivity contribution in [1.29, 1.82) is 0 Å². The van der Waals surface area contributed by atoms with E-state index >= 15 is 0 Å². The molecule has 1 heterocycles. The van der Waals surface area contributed by atoms with Crippen molar-refractivity contribution in [2.24, 2.45) is 0 Å². The smallest absolute Gasteiger partial charge is 0.266 e. The summed E-state index contributed by atoms with van der Waals surface area (Å²) in [6.45, 7) is 0. The molecule has 4 rings (SSSR count). The second kappa shape index (κ2) is 8.36. The molecule has 0 amide bonds. The summed E-state index contributed by atoms with van der Waals surface area (Å²) in [5.74, 6) is 1.53. The molecule has 4 nitrogen and oxygen atoms in total. The Morgan fingerprint density at radius 3 is 2.50 bits per heavy atom. The van der Waals surface area contributed by atoms with Crippen molar-refractivity contribution >= 4 is 45.3 Å². The van der Waals surface area contributed by atoms with E-state index in [1.807, 2.05) is 72.8 Å². The average molecular weight is 500 g/mol. The highest BCUT2D eigenvalue weighted by atomic mass is 127. The van der Waals surface area contributed by atoms with Gasteiger partial charge in [-0.3, -0.25) is 9.36 Å². The van der Waals surface area contributed by atoms with Crippen molar-refractivity contribution in [1.82, 2.24) is 9.55 Å². The predicted molar refractivity (Wildman–Crippen MR) is 123 cm³/mol. The third kappa shape index (κ3) is 3.93. The van der Waals surface area contributed by atoms with Crippen molar-refractivity contribution in [3.8, 4) is 11.4 Å². The first kappa shape index (κ1) is 19.0. The second-order valence-corrected chi connectivity index (χ2v) is 8.36. The predicted octanol–water partition coefficient (Wildman–Crippen LogP) is 5.29. The lowest BCUT2D eigenvalue weighted by Gasteiger charge is -2.13. The summed E-state index contributed by atoms with van der Waals surface area (Å²) in [7, 11) is 1.66. The van der Waals surface area contributed by atoms with Crippen molar-refractivity contribution in [2.45, 2.75) is 10.9 Å². The van der Waals surface area contributed by atoms with Gasteiger partial charge < -0.3 is 4.74 Å². The van der Waals surface area contributed by atoms with E-state index < -0.39 is 0 Å². The number of hydrogen-bond acceptors (Lipinski definition) is 4. The third-order valence-corrected chi connectivity index (χ3v) is 6.02. The molecule has 0 spiro atoms. The first-order chi connectivity index (χ1) is 13.7. The maximum absolute atomic E-state index is 13.3. The van der Waals surface area contributed by atoms with Gasteiger partial charge in [0, 0.05) is 9.32 Å². The van der Waals surface area contributed by atoms with Crippen LogP contribution in [-0.4, -0.2) is 16.7 Å². The zero-order valence-electron chi connectivity index (χ0n) is 15.1. The molecule has 0 fully saturated rings. The molecule has 28 heavy (non-hydrogen) atoms. The minimum atomic E-state index is -0.0491. The Kier molecular flexibility index (Phi) is 5.68. The summed E-state index contributed by atoms with van der Waals surface area (Å²) >= 11 is 3.77. The van der Waals surface area contributed by atoms with Crippen LogP contribution >= 0.6 is 34.4 Å². The fraction of sp³-hybridized carbons (Fsp3) is 0.0909. The summed E-state index contributed by atoms with van der Waals surface area (Å²) in [5, 5.41) is 1.31. The molecule has 0 aliphatic rings. The Bertz CT molecular complexity index is 1170. The van der Waals surface area contributed by atoms with E-state index in [0.717, 1.165) is 26.1 Å². The highest BCUT2D eigenvalue weighted by molar-refractivity contribution is 14.1. The van der Waals surface area contributed by atoms with Crippen molar-refractivity contribution < 1.29 is 4.74 Å². The Morgan fingerprint density at radius 1 is 1.04 bits per heavy atom. The van der Waals surface area contributed by atoms with Gasteiger partial charge in [0.15, 0.2) is 5.16 Å². The van der Waals surface area contributed by atoms with Crippen LogP contribution in [0.15, 0.2) is 82.7 Å². The van der Waals surface area contributed by atoms with Crippen LogP contribution in [0, 0.1) is 3.57 Å². The SMILES string of the molecule is COc1ccc(CSc2nc3ccc(I)cc3c(=O)n2-c2ccccc2)cc1. The highest BCUT2D eigenvalue weighted by Gasteiger charge is 2.14. The van der Waals surface area contributed by atoms with Gasteiger partial charge in [-0.15, -0.1) is 0 Å². The van der Waals surface area contributed by atoms with Crippen LogP contribution < -0.4 is 10.3 Å². The van der Waals surface area contributed by atoms with Gasteiger partial charge in [0.25, 0.3) is 5.56 Å². The summed E-state index contributed by atoms with van der Waals surface area (Å²) in [6.07, 6.45) is 0. The highest BCUT2D eigenvalue weighted by Crippen LogP contribution is 2.26. The molecule has 0 bridgehead atoms. The normalized spacial score (nSPS) is 10.9. The fourth-order valence-electron chi connectivity index (χ4n) is 2.91. The van der Waals surface area contributed by atoms with Crippen LogP contribution in [-0.2, 0) is 5.75 Å². The van der Waals surface area contributed by atoms with Crippen molar-refractivity contribution in [3.63, 3.8) is 0 Å². The Balaban J connectivity index is 1.79. The number of benzene rings is 3. The first-order valence-corrected chi connectivity index (χ1v) is 10.8. The quantitative estimate of drug-likeness (QED) is 0.212. The largest absolute Gasteiger partial charge is 0.497 e. The number of halogens is 1. The van der Waals surface area contributed by atoms with Gasteiger partial charge in [-0.1, -0.05) is 42.1 Å². The van der Waals surface area contributed by atoms with Crippen LogP contribution in [0.3, 0.4) is 0 Å². The van der Waals surface area contributed by atoms with E-state index in [1.165, 1.54) is 0 Å². The van der Waals surface area contributed by atoms with Crippen LogP contribution in [0.25, 0.3) is 16.6 Å². The number of para-hydroxylation sites is 1. The maximum Gasteiger partial charge on any atom is 0.266 e. The molecule has 0 unspecified atom stereocenters. The van der Waals surface area contributed by atoms with Crippen LogP contribution in [0.2, 0.25) is 0 Å². The van der Waals surface area contributed by atoms with Gasteiger partial charge in [0.2, 0.25) is 0 Å². The third-order valence-electron chi connectivity index (χ3n) is 4.34. The van der Waals surface area contributed by atoms with Crippen molar-refractivity contribution in [3.05, 3.63) is 92.3 Å². The standard InChI is InChI=1S/C22H17IN2O2S/c1-27-18-10-7-15(8-11-18)14-28-22-24-20-12-9-16(23)13-19(20)21(26)25(22)17-5-3-2-4-6-17/h2-13H,14H2,1H3. The lowest BCUT2D eigenvalue weighted by molar-refractivity contribution is 0.414. The van der Waals surface area contributed by atoms with E-state index in [4.69, 9.17) is 9.72 Å². The van der Waals surface area contributed by atoms with Crippen LogP contribution in [0.1, 0.15) is 5.56 Å². The minimum Gasteiger partial charge on any atom is -0.497 e. The first-order valence-electron chi connectivity index (χ1n) is 8.69. The van der Waals surface area contributed by atoms with Gasteiger partial charge in [-0.05, 0) is 70.6 Å². The number of rotatable bonds is 5. The van der Waals surface area contributed by atoms with E-state index in [9.17, 15) is 4.79 Å². The van der Waals surface area contributed by atoms with Crippen LogP contribution in [0.5, 0.6) is 5.75 Å². The monoisotopic (exact) mass is 500 g/mol. The number of fused-ring (bicyclic) bond motifs is 1. The van der Waals surface area contributed by atoms with E-state index in [2.05, 4.69) is 22.6 Å². The summed E-state index contributed by atoms with van der Waals surface area (Å²) in [6, 6.07) is 23.4. The van der Waals surface area contributed by atoms with Gasteiger partial charge >= 0.3 is 0 Å². The molecule has 0 atom stereocenters. The van der Waals surface area contributed by atoms with Crippen LogP contribution in [0.4, 0.5) is 0 Å². The van der Waals surface area contributed by atoms with Crippen molar-refractivity contribution in [2.75, 3.05) is 7.11 Å². The Hall–Kier alpha value is -2.32. The number of nitrogens with zero attached hydrogens (tertiary/aromatic N) is 2. The van der Waals surface area contributed by atoms with Gasteiger partial charge in [0.1, 0.15) is 5.75 Å². The fourth-order valence-corrected chi connectivity index (χ4v) is 4.37. The summed E-state index contributed by atoms with van der Waals surface area (Å²) in [4.78, 5) is 18.1. The van der Waals surface area contributed by atoms with E-state index in [-0.39, 0.29) is 5.56 Å². The molecule has 0 N–H and O–H groups in total. The Labute approximate surface area is 180 Å². The molecule has 6 heteroatoms. The molecule has 0 aliphatic carbocycles. The molecule has 0 radical (unpaired) electrons. The maximum atomic E-state index is 13.3. The summed E-state index contributed by atoms with van der Waals surface area (Å²) < 4.78 is 7.93. The lowest BCUT2D eigenvalue weighted by atomic mass is 10.2. The lowest BCUT2D eigenvalue weighted by Crippen LogP contribution is -2.21. The molecular formula is C22H17IN2O2S. The zero-order chi connectivity index (χ0) is 19.5. The molecule has 4 aromatic rings. The number of hydrogen-bond donors (Lipinski definition) is 0. The number of methoxy groups -OCH3 is 1. The molecule has 0 aliphatic heterocycles. The minimum absolute atomic E-state index is 0.0491. The number of thioether (sulfide) groups is 1. The summed E-state index contributed by atoms with van der Waals surface area (Å²) in [5.41, 5.74) is 2.63. The average Bonchev–Trinajstić information content (AvgIpc) is 2.74. The van der Waals surface area contributed by atoms with Gasteiger partial charge in [0.05, 0.1) is 23.7 Å². The zero-order valence-corrected chi connectivity index (χ0v) is 18.1. The van der Waals surface area contributed by atoms with Gasteiger partial charge in [-0.2, -0.15) is 0 Å². The number of aromatic nitrogens is 2. The molecule has 1 aromatic heterocycles. The second-order valence-electron chi connectivity index (χ2n) is 6.17. The van der Waals surface area contributed by atoms with Gasteiger partial charge in [-0.25, -0.2) is 4.98 Å². The number of ether oxygens (including phenoxy) is 1. The van der Waals surface area contributed by atoms with E-state index in [0.29, 0.717) is 16.3 Å². The topological polar surface area (TPSA) is 44.1 Å².